The van der Waals surface area contributed by atoms with E-state index in [2.05, 4.69) is 52.6 Å². The minimum absolute atomic E-state index is 0.159. The van der Waals surface area contributed by atoms with Crippen molar-refractivity contribution < 1.29 is 4.74 Å². The van der Waals surface area contributed by atoms with Crippen LogP contribution in [0, 0.1) is 20.8 Å². The lowest BCUT2D eigenvalue weighted by Crippen LogP contribution is -2.05. The van der Waals surface area contributed by atoms with Crippen LogP contribution in [-0.2, 0) is 0 Å². The number of nitrogens with one attached hydrogen (secondary N) is 2. The van der Waals surface area contributed by atoms with E-state index in [0.29, 0.717) is 5.95 Å². The van der Waals surface area contributed by atoms with Gasteiger partial charge in [0, 0.05) is 23.1 Å². The third-order valence-electron chi connectivity index (χ3n) is 3.83. The molecule has 0 unspecified atom stereocenters. The summed E-state index contributed by atoms with van der Waals surface area (Å²) in [6.45, 7) is 10.1. The van der Waals surface area contributed by atoms with Crippen LogP contribution in [-0.4, -0.2) is 16.1 Å². The molecule has 0 saturated carbocycles. The van der Waals surface area contributed by atoms with Crippen molar-refractivity contribution in [2.45, 2.75) is 40.7 Å². The molecule has 5 nitrogen and oxygen atoms in total. The van der Waals surface area contributed by atoms with Gasteiger partial charge in [-0.15, -0.1) is 0 Å². The average molecular weight is 362 g/mol. The minimum atomic E-state index is 0.159. The minimum Gasteiger partial charge on any atom is -0.491 e. The number of hydrogen-bond acceptors (Lipinski definition) is 5. The maximum Gasteiger partial charge on any atom is 0.229 e. The van der Waals surface area contributed by atoms with E-state index >= 15 is 0 Å². The molecule has 140 valence electrons. The summed E-state index contributed by atoms with van der Waals surface area (Å²) in [6.07, 6.45) is 0.159. The third-order valence-corrected chi connectivity index (χ3v) is 3.83. The number of hydrogen-bond donors (Lipinski definition) is 2. The molecule has 0 fully saturated rings. The molecule has 2 N–H and O–H groups in total. The van der Waals surface area contributed by atoms with Gasteiger partial charge in [-0.1, -0.05) is 6.07 Å². The van der Waals surface area contributed by atoms with E-state index in [-0.39, 0.29) is 6.10 Å². The second kappa shape index (κ2) is 8.08. The number of aryl methyl sites for hydroxylation is 3. The Bertz CT molecular complexity index is 900. The Morgan fingerprint density at radius 3 is 2.07 bits per heavy atom. The van der Waals surface area contributed by atoms with Crippen molar-refractivity contribution in [3.63, 3.8) is 0 Å². The van der Waals surface area contributed by atoms with E-state index in [1.807, 2.05) is 51.1 Å². The summed E-state index contributed by atoms with van der Waals surface area (Å²) in [5.41, 5.74) is 5.22. The van der Waals surface area contributed by atoms with E-state index in [9.17, 15) is 0 Å². The molecule has 3 aromatic rings. The number of aromatic nitrogens is 2. The predicted molar refractivity (Wildman–Crippen MR) is 111 cm³/mol. The highest BCUT2D eigenvalue weighted by Crippen LogP contribution is 2.22. The first kappa shape index (κ1) is 18.7. The van der Waals surface area contributed by atoms with Crippen LogP contribution in [0.1, 0.15) is 30.7 Å². The summed E-state index contributed by atoms with van der Waals surface area (Å²) >= 11 is 0. The van der Waals surface area contributed by atoms with E-state index in [1.54, 1.807) is 0 Å². The first-order valence-electron chi connectivity index (χ1n) is 9.12. The molecular formula is C22H26N4O. The normalized spacial score (nSPS) is 10.7. The van der Waals surface area contributed by atoms with Gasteiger partial charge in [0.1, 0.15) is 11.6 Å². The van der Waals surface area contributed by atoms with Gasteiger partial charge < -0.3 is 15.4 Å². The molecule has 0 bridgehead atoms. The smallest absolute Gasteiger partial charge is 0.229 e. The van der Waals surface area contributed by atoms with Crippen molar-refractivity contribution in [1.29, 1.82) is 0 Å². The van der Waals surface area contributed by atoms with Crippen LogP contribution in [0.2, 0.25) is 0 Å². The monoisotopic (exact) mass is 362 g/mol. The van der Waals surface area contributed by atoms with E-state index in [4.69, 9.17) is 4.74 Å². The lowest BCUT2D eigenvalue weighted by atomic mass is 10.1. The first-order valence-corrected chi connectivity index (χ1v) is 9.12. The van der Waals surface area contributed by atoms with Crippen molar-refractivity contribution in [1.82, 2.24) is 9.97 Å². The van der Waals surface area contributed by atoms with Crippen molar-refractivity contribution in [3.8, 4) is 5.75 Å². The Morgan fingerprint density at radius 2 is 1.44 bits per heavy atom. The fourth-order valence-electron chi connectivity index (χ4n) is 2.90. The molecule has 3 rings (SSSR count). The summed E-state index contributed by atoms with van der Waals surface area (Å²) in [6, 6.07) is 16.1. The summed E-state index contributed by atoms with van der Waals surface area (Å²) in [5.74, 6) is 2.17. The number of nitrogens with zero attached hydrogens (tertiary/aromatic N) is 2. The molecule has 0 saturated heterocycles. The molecule has 2 aromatic carbocycles. The van der Waals surface area contributed by atoms with Crippen molar-refractivity contribution in [2.75, 3.05) is 10.6 Å². The van der Waals surface area contributed by atoms with Gasteiger partial charge in [0.25, 0.3) is 0 Å². The van der Waals surface area contributed by atoms with Crippen LogP contribution in [0.3, 0.4) is 0 Å². The Balaban J connectivity index is 1.76. The Hall–Kier alpha value is -3.08. The summed E-state index contributed by atoms with van der Waals surface area (Å²) in [5, 5.41) is 6.63. The van der Waals surface area contributed by atoms with Crippen LogP contribution in [0.25, 0.3) is 0 Å². The quantitative estimate of drug-likeness (QED) is 0.591. The van der Waals surface area contributed by atoms with Crippen LogP contribution in [0.4, 0.5) is 23.1 Å². The maximum atomic E-state index is 5.68. The van der Waals surface area contributed by atoms with Crippen LogP contribution in [0.5, 0.6) is 5.75 Å². The van der Waals surface area contributed by atoms with Gasteiger partial charge in [0.15, 0.2) is 0 Å². The van der Waals surface area contributed by atoms with Crippen molar-refractivity contribution in [2.24, 2.45) is 0 Å². The summed E-state index contributed by atoms with van der Waals surface area (Å²) in [4.78, 5) is 9.08. The van der Waals surface area contributed by atoms with Gasteiger partial charge in [-0.25, -0.2) is 4.98 Å². The number of anilines is 4. The number of benzene rings is 2. The van der Waals surface area contributed by atoms with Gasteiger partial charge in [-0.2, -0.15) is 4.98 Å². The van der Waals surface area contributed by atoms with Crippen LogP contribution < -0.4 is 15.4 Å². The Labute approximate surface area is 160 Å². The summed E-state index contributed by atoms with van der Waals surface area (Å²) in [7, 11) is 0. The molecule has 1 aromatic heterocycles. The molecule has 0 aliphatic rings. The molecule has 0 radical (unpaired) electrons. The SMILES string of the molecule is Cc1cc(C)cc(Nc2nc(C)cc(Nc3ccc(OC(C)C)cc3)n2)c1. The molecule has 0 amide bonds. The Morgan fingerprint density at radius 1 is 0.778 bits per heavy atom. The van der Waals surface area contributed by atoms with Crippen molar-refractivity contribution >= 4 is 23.1 Å². The van der Waals surface area contributed by atoms with E-state index < -0.39 is 0 Å². The van der Waals surface area contributed by atoms with Gasteiger partial charge in [-0.3, -0.25) is 0 Å². The zero-order valence-electron chi connectivity index (χ0n) is 16.5. The molecule has 0 aliphatic carbocycles. The summed E-state index contributed by atoms with van der Waals surface area (Å²) < 4.78 is 5.68. The highest BCUT2D eigenvalue weighted by molar-refractivity contribution is 5.61. The van der Waals surface area contributed by atoms with Gasteiger partial charge >= 0.3 is 0 Å². The second-order valence-electron chi connectivity index (χ2n) is 7.04. The highest BCUT2D eigenvalue weighted by Gasteiger charge is 2.05. The lowest BCUT2D eigenvalue weighted by molar-refractivity contribution is 0.242. The molecular weight excluding hydrogens is 336 g/mol. The van der Waals surface area contributed by atoms with Crippen molar-refractivity contribution in [3.05, 3.63) is 65.4 Å². The number of rotatable bonds is 6. The van der Waals surface area contributed by atoms with Crippen LogP contribution in [0.15, 0.2) is 48.5 Å². The predicted octanol–water partition coefficient (Wildman–Crippen LogP) is 5.68. The second-order valence-corrected chi connectivity index (χ2v) is 7.04. The third kappa shape index (κ3) is 5.45. The van der Waals surface area contributed by atoms with Crippen LogP contribution >= 0.6 is 0 Å². The lowest BCUT2D eigenvalue weighted by Gasteiger charge is -2.12. The molecule has 0 aliphatic heterocycles. The standard InChI is InChI=1S/C22H26N4O/c1-14(2)27-20-8-6-18(7-9-20)24-21-13-17(5)23-22(26-21)25-19-11-15(3)10-16(4)12-19/h6-14H,1-5H3,(H2,23,24,25,26). The van der Waals surface area contributed by atoms with Gasteiger partial charge in [-0.05, 0) is 82.1 Å². The van der Waals surface area contributed by atoms with E-state index in [0.717, 1.165) is 28.6 Å². The first-order chi connectivity index (χ1) is 12.9. The molecule has 1 heterocycles. The molecule has 27 heavy (non-hydrogen) atoms. The fraction of sp³-hybridized carbons (Fsp3) is 0.273. The largest absolute Gasteiger partial charge is 0.491 e. The maximum absolute atomic E-state index is 5.68. The molecule has 0 atom stereocenters. The van der Waals surface area contributed by atoms with Gasteiger partial charge in [0.05, 0.1) is 6.10 Å². The zero-order chi connectivity index (χ0) is 19.4. The number of ether oxygens (including phenoxy) is 1. The topological polar surface area (TPSA) is 59.1 Å². The zero-order valence-corrected chi connectivity index (χ0v) is 16.5. The fourth-order valence-corrected chi connectivity index (χ4v) is 2.90. The van der Waals surface area contributed by atoms with E-state index in [1.165, 1.54) is 11.1 Å². The Kier molecular flexibility index (Phi) is 5.60. The van der Waals surface area contributed by atoms with Gasteiger partial charge in [0.2, 0.25) is 5.95 Å². The molecule has 0 spiro atoms. The molecule has 5 heteroatoms. The highest BCUT2D eigenvalue weighted by atomic mass is 16.5. The average Bonchev–Trinajstić information content (AvgIpc) is 2.54.